The summed E-state index contributed by atoms with van der Waals surface area (Å²) in [5.41, 5.74) is 1.54. The molecule has 1 heterocycles. The standard InChI is InChI=1S/C11H11BF2O2/c1-8-5-3-4-6-10(8)11-7-9(2)15-12(13,14)16-11/h3-7H,1-2H3. The molecule has 1 aromatic rings. The summed E-state index contributed by atoms with van der Waals surface area (Å²) in [6.45, 7) is 3.33. The fourth-order valence-electron chi connectivity index (χ4n) is 1.63. The molecule has 0 N–H and O–H groups in total. The van der Waals surface area contributed by atoms with Gasteiger partial charge in [0.2, 0.25) is 0 Å². The third-order valence-corrected chi connectivity index (χ3v) is 2.33. The van der Waals surface area contributed by atoms with Gasteiger partial charge in [-0.25, -0.2) is 0 Å². The molecule has 0 spiro atoms. The second-order valence-electron chi connectivity index (χ2n) is 3.70. The number of halogens is 2. The van der Waals surface area contributed by atoms with Crippen molar-refractivity contribution in [3.63, 3.8) is 0 Å². The quantitative estimate of drug-likeness (QED) is 0.530. The molecule has 16 heavy (non-hydrogen) atoms. The molecule has 0 atom stereocenters. The maximum atomic E-state index is 13.1. The van der Waals surface area contributed by atoms with Crippen LogP contribution in [0.2, 0.25) is 0 Å². The zero-order chi connectivity index (χ0) is 11.8. The fourth-order valence-corrected chi connectivity index (χ4v) is 1.63. The summed E-state index contributed by atoms with van der Waals surface area (Å²) >= 11 is 0. The number of carbonyl (C=O) groups excluding carboxylic acids is 1. The largest absolute Gasteiger partial charge is 0.994 e. The summed E-state index contributed by atoms with van der Waals surface area (Å²) in [6, 6.07) is 7.21. The highest BCUT2D eigenvalue weighted by Gasteiger charge is 2.52. The summed E-state index contributed by atoms with van der Waals surface area (Å²) in [5.74, 6) is 0.321. The van der Waals surface area contributed by atoms with Crippen molar-refractivity contribution in [2.24, 2.45) is 0 Å². The Morgan fingerprint density at radius 1 is 1.19 bits per heavy atom. The van der Waals surface area contributed by atoms with Gasteiger partial charge >= 0.3 is 7.11 Å². The van der Waals surface area contributed by atoms with Crippen molar-refractivity contribution in [2.75, 3.05) is 0 Å². The van der Waals surface area contributed by atoms with Gasteiger partial charge in [0.25, 0.3) is 5.78 Å². The topological polar surface area (TPSA) is 20.5 Å². The lowest BCUT2D eigenvalue weighted by Gasteiger charge is -2.17. The highest BCUT2D eigenvalue weighted by Crippen LogP contribution is 2.23. The number of hydrogen-bond donors (Lipinski definition) is 0. The van der Waals surface area contributed by atoms with Crippen LogP contribution >= 0.6 is 0 Å². The lowest BCUT2D eigenvalue weighted by Crippen LogP contribution is -2.30. The summed E-state index contributed by atoms with van der Waals surface area (Å²) in [6.07, 6.45) is 1.47. The van der Waals surface area contributed by atoms with E-state index in [9.17, 15) is 8.63 Å². The minimum Gasteiger partial charge on any atom is -0.572 e. The van der Waals surface area contributed by atoms with Gasteiger partial charge in [0, 0.05) is 0 Å². The van der Waals surface area contributed by atoms with E-state index in [-0.39, 0.29) is 11.5 Å². The van der Waals surface area contributed by atoms with Crippen LogP contribution in [0.15, 0.2) is 36.1 Å². The molecule has 2 rings (SSSR count). The number of rotatable bonds is 1. The number of benzene rings is 1. The van der Waals surface area contributed by atoms with Gasteiger partial charge < -0.3 is 17.6 Å². The molecule has 0 aromatic heterocycles. The predicted octanol–water partition coefficient (Wildman–Crippen LogP) is 3.02. The monoisotopic (exact) mass is 224 g/mol. The van der Waals surface area contributed by atoms with Crippen LogP contribution in [0, 0.1) is 6.92 Å². The third-order valence-electron chi connectivity index (χ3n) is 2.33. The van der Waals surface area contributed by atoms with Gasteiger partial charge in [-0.2, -0.15) is 0 Å². The minimum atomic E-state index is -4.24. The van der Waals surface area contributed by atoms with E-state index in [2.05, 4.69) is 9.00 Å². The molecule has 0 saturated carbocycles. The van der Waals surface area contributed by atoms with Crippen LogP contribution in [-0.4, -0.2) is 12.9 Å². The summed E-state index contributed by atoms with van der Waals surface area (Å²) in [7, 11) is -4.24. The zero-order valence-corrected chi connectivity index (χ0v) is 9.04. The average Bonchev–Trinajstić information content (AvgIpc) is 2.15. The van der Waals surface area contributed by atoms with Gasteiger partial charge in [-0.15, -0.1) is 0 Å². The molecule has 2 nitrogen and oxygen atoms in total. The number of allylic oxidation sites excluding steroid dienone is 2. The van der Waals surface area contributed by atoms with Crippen LogP contribution in [0.25, 0.3) is 0 Å². The molecule has 1 aromatic carbocycles. The van der Waals surface area contributed by atoms with Crippen LogP contribution < -0.4 is 0 Å². The van der Waals surface area contributed by atoms with E-state index >= 15 is 0 Å². The van der Waals surface area contributed by atoms with Gasteiger partial charge in [-0.05, 0) is 25.5 Å². The first kappa shape index (κ1) is 10.9. The second-order valence-corrected chi connectivity index (χ2v) is 3.70. The van der Waals surface area contributed by atoms with Crippen molar-refractivity contribution >= 4 is 12.9 Å². The normalized spacial score (nSPS) is 18.5. The zero-order valence-electron chi connectivity index (χ0n) is 9.04. The van der Waals surface area contributed by atoms with E-state index in [1.807, 2.05) is 19.1 Å². The first-order valence-electron chi connectivity index (χ1n) is 4.97. The van der Waals surface area contributed by atoms with Gasteiger partial charge in [0.1, 0.15) is 0 Å². The number of aryl methyl sites for hydroxylation is 1. The van der Waals surface area contributed by atoms with Crippen LogP contribution in [-0.2, 0) is 4.65 Å². The first-order chi connectivity index (χ1) is 7.48. The Kier molecular flexibility index (Phi) is 2.54. The van der Waals surface area contributed by atoms with E-state index in [1.54, 1.807) is 12.1 Å². The molecule has 0 amide bonds. The van der Waals surface area contributed by atoms with Crippen molar-refractivity contribution in [3.8, 4) is 0 Å². The van der Waals surface area contributed by atoms with Crippen LogP contribution in [0.4, 0.5) is 8.63 Å². The van der Waals surface area contributed by atoms with E-state index < -0.39 is 7.11 Å². The van der Waals surface area contributed by atoms with Gasteiger partial charge in [0.15, 0.2) is 0 Å². The molecule has 0 aliphatic carbocycles. The SMILES string of the molecule is CC1=CC(c2ccccc2C)=[O+][B-](F)(F)O1. The van der Waals surface area contributed by atoms with E-state index in [0.29, 0.717) is 5.56 Å². The van der Waals surface area contributed by atoms with Crippen molar-refractivity contribution in [3.05, 3.63) is 47.2 Å². The van der Waals surface area contributed by atoms with Crippen LogP contribution in [0.1, 0.15) is 22.4 Å². The average molecular weight is 224 g/mol. The molecule has 0 bridgehead atoms. The third kappa shape index (κ3) is 2.13. The fraction of sp³-hybridized carbons (Fsp3) is 0.182. The van der Waals surface area contributed by atoms with Crippen molar-refractivity contribution in [1.82, 2.24) is 0 Å². The van der Waals surface area contributed by atoms with E-state index in [1.165, 1.54) is 13.0 Å². The molecule has 1 aliphatic rings. The lowest BCUT2D eigenvalue weighted by molar-refractivity contribution is -0.189. The molecule has 84 valence electrons. The number of hydrogen-bond acceptors (Lipinski definition) is 1. The highest BCUT2D eigenvalue weighted by atomic mass is 19.3. The molecule has 5 heteroatoms. The molecule has 0 radical (unpaired) electrons. The Morgan fingerprint density at radius 2 is 1.88 bits per heavy atom. The van der Waals surface area contributed by atoms with Gasteiger partial charge in [-0.1, -0.05) is 18.2 Å². The van der Waals surface area contributed by atoms with E-state index in [0.717, 1.165) is 5.56 Å². The summed E-state index contributed by atoms with van der Waals surface area (Å²) < 4.78 is 35.0. The first-order valence-corrected chi connectivity index (χ1v) is 4.97. The van der Waals surface area contributed by atoms with Gasteiger partial charge in [-0.3, -0.25) is 0 Å². The smallest absolute Gasteiger partial charge is 0.572 e. The summed E-state index contributed by atoms with van der Waals surface area (Å²) in [5, 5.41) is 0. The highest BCUT2D eigenvalue weighted by molar-refractivity contribution is 6.51. The van der Waals surface area contributed by atoms with Crippen LogP contribution in [0.5, 0.6) is 0 Å². The van der Waals surface area contributed by atoms with Crippen molar-refractivity contribution in [2.45, 2.75) is 13.8 Å². The maximum Gasteiger partial charge on any atom is 0.994 e. The molecule has 1 aliphatic heterocycles. The number of ketones is 1. The Labute approximate surface area is 92.3 Å². The molecule has 0 saturated heterocycles. The maximum absolute atomic E-state index is 13.1. The van der Waals surface area contributed by atoms with Gasteiger partial charge in [0.05, 0.1) is 17.4 Å². The Morgan fingerprint density at radius 3 is 2.50 bits per heavy atom. The summed E-state index contributed by atoms with van der Waals surface area (Å²) in [4.78, 5) is 0. The molecule has 0 fully saturated rings. The Balaban J connectivity index is 2.49. The van der Waals surface area contributed by atoms with Crippen LogP contribution in [0.3, 0.4) is 0 Å². The second kappa shape index (κ2) is 3.74. The Bertz CT molecular complexity index is 481. The Hall–Kier alpha value is -1.65. The van der Waals surface area contributed by atoms with Crippen molar-refractivity contribution < 1.29 is 17.6 Å². The van der Waals surface area contributed by atoms with Crippen molar-refractivity contribution in [1.29, 1.82) is 0 Å². The molecule has 0 unspecified atom stereocenters. The minimum absolute atomic E-state index is 0.159. The lowest BCUT2D eigenvalue weighted by atomic mass is 10.0. The van der Waals surface area contributed by atoms with E-state index in [4.69, 9.17) is 0 Å². The molecular weight excluding hydrogens is 213 g/mol. The predicted molar refractivity (Wildman–Crippen MR) is 58.3 cm³/mol. The molecular formula is C11H11BF2O2.